The minimum absolute atomic E-state index is 0.164. The van der Waals surface area contributed by atoms with E-state index in [1.165, 1.54) is 5.56 Å². The van der Waals surface area contributed by atoms with Crippen LogP contribution in [0.1, 0.15) is 27.9 Å². The van der Waals surface area contributed by atoms with Gasteiger partial charge in [0.25, 0.3) is 5.91 Å². The number of nitrogens with zero attached hydrogens (tertiary/aromatic N) is 1. The van der Waals surface area contributed by atoms with E-state index in [2.05, 4.69) is 39.9 Å². The molecule has 2 aromatic carbocycles. The zero-order valence-corrected chi connectivity index (χ0v) is 16.1. The molecule has 2 heterocycles. The summed E-state index contributed by atoms with van der Waals surface area (Å²) in [7, 11) is 0. The number of carbonyl (C=O) groups excluding carboxylic acids is 1. The first-order valence-electron chi connectivity index (χ1n) is 9.67. The highest BCUT2D eigenvalue weighted by molar-refractivity contribution is 5.94. The van der Waals surface area contributed by atoms with E-state index < -0.39 is 0 Å². The van der Waals surface area contributed by atoms with Gasteiger partial charge in [-0.3, -0.25) is 9.78 Å². The first kappa shape index (κ1) is 18.8. The summed E-state index contributed by atoms with van der Waals surface area (Å²) in [4.78, 5) is 16.7. The van der Waals surface area contributed by atoms with E-state index in [9.17, 15) is 4.79 Å². The number of aryl methyl sites for hydroxylation is 1. The Bertz CT molecular complexity index is 976. The summed E-state index contributed by atoms with van der Waals surface area (Å²) in [6.07, 6.45) is 5.32. The molecule has 0 spiro atoms. The molecule has 1 aliphatic heterocycles. The van der Waals surface area contributed by atoms with Gasteiger partial charge in [0.15, 0.2) is 11.5 Å². The molecular formula is C23H23N3O3. The number of benzene rings is 2. The molecule has 3 aromatic rings. The Morgan fingerprint density at radius 1 is 0.966 bits per heavy atom. The Hall–Kier alpha value is -3.54. The lowest BCUT2D eigenvalue weighted by atomic mass is 10.1. The van der Waals surface area contributed by atoms with Gasteiger partial charge in [-0.25, -0.2) is 0 Å². The fourth-order valence-corrected chi connectivity index (χ4v) is 3.17. The molecule has 0 unspecified atom stereocenters. The number of rotatable bonds is 8. The second kappa shape index (κ2) is 9.10. The Balaban J connectivity index is 1.26. The fraction of sp³-hybridized carbons (Fsp3) is 0.217. The molecule has 2 N–H and O–H groups in total. The molecule has 6 nitrogen and oxygen atoms in total. The van der Waals surface area contributed by atoms with Crippen LogP contribution in [0.15, 0.2) is 67.0 Å². The topological polar surface area (TPSA) is 72.5 Å². The maximum absolute atomic E-state index is 12.5. The molecule has 0 atom stereocenters. The number of pyridine rings is 1. The van der Waals surface area contributed by atoms with E-state index in [-0.39, 0.29) is 12.7 Å². The molecule has 0 saturated carbocycles. The van der Waals surface area contributed by atoms with Gasteiger partial charge in [0.05, 0.1) is 11.3 Å². The molecule has 0 aliphatic carbocycles. The van der Waals surface area contributed by atoms with Crippen LogP contribution in [0.3, 0.4) is 0 Å². The predicted molar refractivity (Wildman–Crippen MR) is 111 cm³/mol. The highest BCUT2D eigenvalue weighted by Crippen LogP contribution is 2.32. The maximum atomic E-state index is 12.5. The quantitative estimate of drug-likeness (QED) is 0.574. The van der Waals surface area contributed by atoms with Crippen LogP contribution in [0.25, 0.3) is 0 Å². The molecule has 0 fully saturated rings. The number of anilines is 1. The van der Waals surface area contributed by atoms with Crippen LogP contribution in [-0.4, -0.2) is 24.2 Å². The van der Waals surface area contributed by atoms with Crippen molar-refractivity contribution in [1.82, 2.24) is 10.3 Å². The lowest BCUT2D eigenvalue weighted by molar-refractivity contribution is 0.0950. The van der Waals surface area contributed by atoms with Crippen LogP contribution in [-0.2, 0) is 13.0 Å². The summed E-state index contributed by atoms with van der Waals surface area (Å²) in [6.45, 7) is 1.46. The maximum Gasteiger partial charge on any atom is 0.253 e. The molecule has 1 amide bonds. The molecular weight excluding hydrogens is 366 g/mol. The van der Waals surface area contributed by atoms with Gasteiger partial charge in [0.2, 0.25) is 6.79 Å². The third kappa shape index (κ3) is 5.04. The van der Waals surface area contributed by atoms with E-state index >= 15 is 0 Å². The molecule has 6 heteroatoms. The summed E-state index contributed by atoms with van der Waals surface area (Å²) in [5, 5.41) is 6.26. The van der Waals surface area contributed by atoms with Crippen LogP contribution in [0.5, 0.6) is 11.5 Å². The second-order valence-electron chi connectivity index (χ2n) is 6.85. The largest absolute Gasteiger partial charge is 0.454 e. The lowest BCUT2D eigenvalue weighted by Crippen LogP contribution is -2.23. The van der Waals surface area contributed by atoms with Crippen molar-refractivity contribution < 1.29 is 14.3 Å². The standard InChI is InChI=1S/C23H23N3O3/c27-23(26-13-18-8-9-21-22(11-18)29-16-28-21)19-12-20(15-24-14-19)25-10-4-7-17-5-2-1-3-6-17/h1-3,5-6,8-9,11-12,14-15,25H,4,7,10,13,16H2,(H,26,27). The SMILES string of the molecule is O=C(NCc1ccc2c(c1)OCO2)c1cncc(NCCCc2ccccc2)c1. The van der Waals surface area contributed by atoms with Crippen molar-refractivity contribution in [2.45, 2.75) is 19.4 Å². The molecule has 1 aliphatic rings. The molecule has 29 heavy (non-hydrogen) atoms. The Kier molecular flexibility index (Phi) is 5.90. The first-order chi connectivity index (χ1) is 14.3. The van der Waals surface area contributed by atoms with E-state index in [1.807, 2.05) is 30.3 Å². The fourth-order valence-electron chi connectivity index (χ4n) is 3.17. The van der Waals surface area contributed by atoms with Gasteiger partial charge in [-0.2, -0.15) is 0 Å². The van der Waals surface area contributed by atoms with Crippen LogP contribution < -0.4 is 20.1 Å². The van der Waals surface area contributed by atoms with Gasteiger partial charge in [-0.05, 0) is 42.2 Å². The van der Waals surface area contributed by atoms with Gasteiger partial charge in [0.1, 0.15) is 0 Å². The average molecular weight is 389 g/mol. The highest BCUT2D eigenvalue weighted by Gasteiger charge is 2.14. The van der Waals surface area contributed by atoms with Crippen molar-refractivity contribution >= 4 is 11.6 Å². The Morgan fingerprint density at radius 3 is 2.72 bits per heavy atom. The number of fused-ring (bicyclic) bond motifs is 1. The molecule has 4 rings (SSSR count). The van der Waals surface area contributed by atoms with Crippen molar-refractivity contribution in [2.75, 3.05) is 18.7 Å². The van der Waals surface area contributed by atoms with E-state index in [0.29, 0.717) is 17.9 Å². The molecule has 148 valence electrons. The summed E-state index contributed by atoms with van der Waals surface area (Å²) in [6, 6.07) is 17.9. The number of nitrogens with one attached hydrogen (secondary N) is 2. The number of carbonyl (C=O) groups is 1. The third-order valence-electron chi connectivity index (χ3n) is 4.70. The minimum Gasteiger partial charge on any atom is -0.454 e. The van der Waals surface area contributed by atoms with E-state index in [4.69, 9.17) is 9.47 Å². The van der Waals surface area contributed by atoms with E-state index in [1.54, 1.807) is 12.4 Å². The highest BCUT2D eigenvalue weighted by atomic mass is 16.7. The normalized spacial score (nSPS) is 11.9. The zero-order chi connectivity index (χ0) is 19.9. The van der Waals surface area contributed by atoms with Crippen molar-refractivity contribution in [1.29, 1.82) is 0 Å². The van der Waals surface area contributed by atoms with Gasteiger partial charge in [-0.15, -0.1) is 0 Å². The first-order valence-corrected chi connectivity index (χ1v) is 9.67. The molecule has 1 aromatic heterocycles. The van der Waals surface area contributed by atoms with Crippen LogP contribution in [0.2, 0.25) is 0 Å². The van der Waals surface area contributed by atoms with E-state index in [0.717, 1.165) is 36.4 Å². The lowest BCUT2D eigenvalue weighted by Gasteiger charge is -2.09. The number of hydrogen-bond donors (Lipinski definition) is 2. The number of ether oxygens (including phenoxy) is 2. The summed E-state index contributed by atoms with van der Waals surface area (Å²) in [5.41, 5.74) is 3.64. The predicted octanol–water partition coefficient (Wildman–Crippen LogP) is 3.79. The van der Waals surface area contributed by atoms with Gasteiger partial charge >= 0.3 is 0 Å². The number of aromatic nitrogens is 1. The van der Waals surface area contributed by atoms with Crippen molar-refractivity contribution in [3.05, 3.63) is 83.7 Å². The summed E-state index contributed by atoms with van der Waals surface area (Å²) in [5.74, 6) is 1.28. The number of amides is 1. The van der Waals surface area contributed by atoms with Crippen LogP contribution >= 0.6 is 0 Å². The van der Waals surface area contributed by atoms with Gasteiger partial charge < -0.3 is 20.1 Å². The summed E-state index contributed by atoms with van der Waals surface area (Å²) < 4.78 is 10.7. The zero-order valence-electron chi connectivity index (χ0n) is 16.1. The number of hydrogen-bond acceptors (Lipinski definition) is 5. The Labute approximate surface area is 169 Å². The monoisotopic (exact) mass is 389 g/mol. The smallest absolute Gasteiger partial charge is 0.253 e. The molecule has 0 bridgehead atoms. The minimum atomic E-state index is -0.164. The summed E-state index contributed by atoms with van der Waals surface area (Å²) >= 11 is 0. The van der Waals surface area contributed by atoms with Crippen molar-refractivity contribution in [3.63, 3.8) is 0 Å². The second-order valence-corrected chi connectivity index (χ2v) is 6.85. The van der Waals surface area contributed by atoms with Gasteiger partial charge in [-0.1, -0.05) is 36.4 Å². The van der Waals surface area contributed by atoms with Crippen LogP contribution in [0.4, 0.5) is 5.69 Å². The molecule has 0 radical (unpaired) electrons. The van der Waals surface area contributed by atoms with Crippen LogP contribution in [0, 0.1) is 0 Å². The average Bonchev–Trinajstić information content (AvgIpc) is 3.24. The van der Waals surface area contributed by atoms with Gasteiger partial charge in [0, 0.05) is 25.5 Å². The van der Waals surface area contributed by atoms with Crippen molar-refractivity contribution in [2.24, 2.45) is 0 Å². The van der Waals surface area contributed by atoms with Crippen molar-refractivity contribution in [3.8, 4) is 11.5 Å². The third-order valence-corrected chi connectivity index (χ3v) is 4.70. The molecule has 0 saturated heterocycles. The Morgan fingerprint density at radius 2 is 1.83 bits per heavy atom.